The predicted molar refractivity (Wildman–Crippen MR) is 64.1 cm³/mol. The van der Waals surface area contributed by atoms with Crippen molar-refractivity contribution in [2.24, 2.45) is 0 Å². The molecule has 0 saturated heterocycles. The van der Waals surface area contributed by atoms with E-state index in [0.717, 1.165) is 35.7 Å². The molecular weight excluding hydrogens is 240 g/mol. The van der Waals surface area contributed by atoms with Crippen molar-refractivity contribution in [2.45, 2.75) is 40.2 Å². The molecule has 0 bridgehead atoms. The lowest BCUT2D eigenvalue weighted by Crippen LogP contribution is -2.06. The van der Waals surface area contributed by atoms with Crippen molar-refractivity contribution in [2.75, 3.05) is 0 Å². The van der Waals surface area contributed by atoms with E-state index in [-0.39, 0.29) is 0 Å². The van der Waals surface area contributed by atoms with Crippen LogP contribution in [0.3, 0.4) is 0 Å². The number of halogens is 1. The van der Waals surface area contributed by atoms with E-state index in [2.05, 4.69) is 22.3 Å². The summed E-state index contributed by atoms with van der Waals surface area (Å²) in [4.78, 5) is 0. The molecule has 0 amide bonds. The van der Waals surface area contributed by atoms with Gasteiger partial charge in [-0.1, -0.05) is 12.1 Å². The van der Waals surface area contributed by atoms with E-state index in [9.17, 15) is 0 Å². The van der Waals surface area contributed by atoms with Crippen LogP contribution < -0.4 is 0 Å². The van der Waals surface area contributed by atoms with E-state index in [1.807, 2.05) is 18.4 Å². The van der Waals surface area contributed by atoms with Gasteiger partial charge in [-0.25, -0.2) is 0 Å². The van der Waals surface area contributed by atoms with Crippen LogP contribution in [-0.2, 0) is 13.0 Å². The first-order valence-electron chi connectivity index (χ1n) is 5.62. The summed E-state index contributed by atoms with van der Waals surface area (Å²) in [6.45, 7) is 6.53. The summed E-state index contributed by atoms with van der Waals surface area (Å²) >= 11 is 6.04. The zero-order valence-corrected chi connectivity index (χ0v) is 11.0. The lowest BCUT2D eigenvalue weighted by atomic mass is 10.2. The van der Waals surface area contributed by atoms with Crippen LogP contribution in [0.15, 0.2) is 4.52 Å². The van der Waals surface area contributed by atoms with Crippen LogP contribution in [0.4, 0.5) is 0 Å². The lowest BCUT2D eigenvalue weighted by Gasteiger charge is -2.06. The molecule has 2 rings (SSSR count). The maximum Gasteiger partial charge on any atom is 0.225 e. The molecule has 2 aromatic heterocycles. The minimum absolute atomic E-state index is 0.411. The van der Waals surface area contributed by atoms with Crippen LogP contribution in [0.1, 0.15) is 36.2 Å². The number of rotatable bonds is 4. The van der Waals surface area contributed by atoms with Crippen LogP contribution in [0.2, 0.25) is 5.28 Å². The van der Waals surface area contributed by atoms with Crippen LogP contribution >= 0.6 is 11.6 Å². The van der Waals surface area contributed by atoms with Crippen LogP contribution in [0.25, 0.3) is 0 Å². The normalized spacial score (nSPS) is 11.1. The average molecular weight is 255 g/mol. The van der Waals surface area contributed by atoms with Crippen molar-refractivity contribution in [3.63, 3.8) is 0 Å². The summed E-state index contributed by atoms with van der Waals surface area (Å²) in [6.07, 6.45) is 1.87. The van der Waals surface area contributed by atoms with Gasteiger partial charge in [0.25, 0.3) is 0 Å². The quantitative estimate of drug-likeness (QED) is 0.841. The molecule has 0 radical (unpaired) electrons. The number of hydrogen-bond acceptors (Lipinski definition) is 4. The minimum atomic E-state index is 0.411. The Morgan fingerprint density at radius 1 is 1.29 bits per heavy atom. The van der Waals surface area contributed by atoms with E-state index in [1.54, 1.807) is 0 Å². The van der Waals surface area contributed by atoms with Gasteiger partial charge < -0.3 is 4.52 Å². The van der Waals surface area contributed by atoms with Gasteiger partial charge >= 0.3 is 0 Å². The summed E-state index contributed by atoms with van der Waals surface area (Å²) in [5, 5.41) is 12.3. The molecule has 0 N–H and O–H groups in total. The standard InChI is InChI=1S/C11H15ClN4O/c1-4-5-10-13-14-11(12)16(10)6-9-7(2)15-17-8(9)3/h4-6H2,1-3H3. The molecule has 0 saturated carbocycles. The predicted octanol–water partition coefficient (Wildman–Crippen LogP) is 2.54. The van der Waals surface area contributed by atoms with Gasteiger partial charge in [-0.3, -0.25) is 4.57 Å². The van der Waals surface area contributed by atoms with Crippen LogP contribution in [0.5, 0.6) is 0 Å². The molecule has 0 aliphatic carbocycles. The lowest BCUT2D eigenvalue weighted by molar-refractivity contribution is 0.392. The summed E-state index contributed by atoms with van der Waals surface area (Å²) in [7, 11) is 0. The molecule has 17 heavy (non-hydrogen) atoms. The van der Waals surface area contributed by atoms with Crippen LogP contribution in [-0.4, -0.2) is 19.9 Å². The molecular formula is C11H15ClN4O. The topological polar surface area (TPSA) is 56.7 Å². The third kappa shape index (κ3) is 2.34. The smallest absolute Gasteiger partial charge is 0.225 e. The van der Waals surface area contributed by atoms with Gasteiger partial charge in [0.2, 0.25) is 5.28 Å². The number of hydrogen-bond donors (Lipinski definition) is 0. The fraction of sp³-hybridized carbons (Fsp3) is 0.545. The third-order valence-corrected chi connectivity index (χ3v) is 3.03. The van der Waals surface area contributed by atoms with Gasteiger partial charge in [0, 0.05) is 12.0 Å². The van der Waals surface area contributed by atoms with E-state index in [4.69, 9.17) is 16.1 Å². The minimum Gasteiger partial charge on any atom is -0.361 e. The first-order valence-corrected chi connectivity index (χ1v) is 6.00. The van der Waals surface area contributed by atoms with Crippen molar-refractivity contribution < 1.29 is 4.52 Å². The van der Waals surface area contributed by atoms with Gasteiger partial charge in [0.1, 0.15) is 11.6 Å². The average Bonchev–Trinajstić information content (AvgIpc) is 2.79. The van der Waals surface area contributed by atoms with Crippen molar-refractivity contribution in [3.05, 3.63) is 28.1 Å². The Kier molecular flexibility index (Phi) is 3.47. The Hall–Kier alpha value is -1.36. The molecule has 0 aliphatic rings. The Labute approximate surface area is 105 Å². The van der Waals surface area contributed by atoms with Gasteiger partial charge in [-0.05, 0) is 31.9 Å². The fourth-order valence-corrected chi connectivity index (χ4v) is 1.96. The first kappa shape index (κ1) is 12.1. The molecule has 0 fully saturated rings. The number of aryl methyl sites for hydroxylation is 3. The fourth-order valence-electron chi connectivity index (χ4n) is 1.76. The second kappa shape index (κ2) is 4.87. The zero-order valence-electron chi connectivity index (χ0n) is 10.2. The molecule has 0 aromatic carbocycles. The molecule has 92 valence electrons. The van der Waals surface area contributed by atoms with E-state index >= 15 is 0 Å². The highest BCUT2D eigenvalue weighted by Crippen LogP contribution is 2.18. The molecule has 5 nitrogen and oxygen atoms in total. The molecule has 0 aliphatic heterocycles. The maximum absolute atomic E-state index is 6.04. The molecule has 2 heterocycles. The third-order valence-electron chi connectivity index (χ3n) is 2.75. The van der Waals surface area contributed by atoms with E-state index in [1.165, 1.54) is 0 Å². The molecule has 2 aromatic rings. The molecule has 0 spiro atoms. The van der Waals surface area contributed by atoms with Crippen molar-refractivity contribution >= 4 is 11.6 Å². The number of aromatic nitrogens is 4. The second-order valence-electron chi connectivity index (χ2n) is 4.02. The highest BCUT2D eigenvalue weighted by atomic mass is 35.5. The first-order chi connectivity index (χ1) is 8.13. The Balaban J connectivity index is 2.32. The van der Waals surface area contributed by atoms with E-state index in [0.29, 0.717) is 11.8 Å². The van der Waals surface area contributed by atoms with Crippen LogP contribution in [0, 0.1) is 13.8 Å². The maximum atomic E-state index is 6.04. The van der Waals surface area contributed by atoms with E-state index < -0.39 is 0 Å². The summed E-state index contributed by atoms with van der Waals surface area (Å²) < 4.78 is 7.04. The highest BCUT2D eigenvalue weighted by Gasteiger charge is 2.15. The summed E-state index contributed by atoms with van der Waals surface area (Å²) in [5.41, 5.74) is 1.93. The molecule has 6 heteroatoms. The largest absolute Gasteiger partial charge is 0.361 e. The van der Waals surface area contributed by atoms with Crippen molar-refractivity contribution in [1.82, 2.24) is 19.9 Å². The van der Waals surface area contributed by atoms with Crippen molar-refractivity contribution in [3.8, 4) is 0 Å². The van der Waals surface area contributed by atoms with Gasteiger partial charge in [-0.15, -0.1) is 10.2 Å². The van der Waals surface area contributed by atoms with Crippen molar-refractivity contribution in [1.29, 1.82) is 0 Å². The second-order valence-corrected chi connectivity index (χ2v) is 4.36. The zero-order chi connectivity index (χ0) is 12.4. The monoisotopic (exact) mass is 254 g/mol. The van der Waals surface area contributed by atoms with Gasteiger partial charge in [0.05, 0.1) is 12.2 Å². The summed E-state index contributed by atoms with van der Waals surface area (Å²) in [6, 6.07) is 0. The number of nitrogens with zero attached hydrogens (tertiary/aromatic N) is 4. The molecule has 0 unspecified atom stereocenters. The molecule has 0 atom stereocenters. The summed E-state index contributed by atoms with van der Waals surface area (Å²) in [5.74, 6) is 1.72. The SMILES string of the molecule is CCCc1nnc(Cl)n1Cc1c(C)noc1C. The Morgan fingerprint density at radius 3 is 2.65 bits per heavy atom. The Bertz CT molecular complexity index is 498. The highest BCUT2D eigenvalue weighted by molar-refractivity contribution is 6.28. The Morgan fingerprint density at radius 2 is 2.06 bits per heavy atom. The van der Waals surface area contributed by atoms with Gasteiger partial charge in [0.15, 0.2) is 0 Å². The van der Waals surface area contributed by atoms with Gasteiger partial charge in [-0.2, -0.15) is 0 Å².